The van der Waals surface area contributed by atoms with Crippen molar-refractivity contribution in [1.29, 1.82) is 0 Å². The van der Waals surface area contributed by atoms with Crippen LogP contribution < -0.4 is 5.56 Å². The Bertz CT molecular complexity index is 563. The van der Waals surface area contributed by atoms with E-state index in [0.29, 0.717) is 5.69 Å². The molecule has 16 heavy (non-hydrogen) atoms. The monoisotopic (exact) mass is 216 g/mol. The maximum Gasteiger partial charge on any atom is 0.282 e. The zero-order valence-electron chi connectivity index (χ0n) is 8.16. The van der Waals surface area contributed by atoms with Crippen molar-refractivity contribution in [2.75, 3.05) is 0 Å². The minimum absolute atomic E-state index is 0.202. The van der Waals surface area contributed by atoms with E-state index in [1.165, 1.54) is 0 Å². The summed E-state index contributed by atoms with van der Waals surface area (Å²) in [6.07, 6.45) is 1.10. The number of nitrogens with zero attached hydrogens (tertiary/aromatic N) is 3. The molecule has 1 heterocycles. The molecule has 2 rings (SSSR count). The largest absolute Gasteiger partial charge is 0.492 e. The molecular formula is C10H8N4O2. The summed E-state index contributed by atoms with van der Waals surface area (Å²) in [6, 6.07) is 8.88. The number of azo groups is 1. The molecule has 0 radical (unpaired) electrons. The average molecular weight is 216 g/mol. The van der Waals surface area contributed by atoms with Gasteiger partial charge in [-0.15, -0.1) is 5.11 Å². The summed E-state index contributed by atoms with van der Waals surface area (Å²) in [5.41, 5.74) is -0.149. The summed E-state index contributed by atoms with van der Waals surface area (Å²) in [6.45, 7) is 0. The van der Waals surface area contributed by atoms with Crippen molar-refractivity contribution < 1.29 is 5.11 Å². The lowest BCUT2D eigenvalue weighted by atomic mass is 10.3. The smallest absolute Gasteiger partial charge is 0.282 e. The Labute approximate surface area is 90.3 Å². The van der Waals surface area contributed by atoms with E-state index in [-0.39, 0.29) is 5.69 Å². The van der Waals surface area contributed by atoms with E-state index in [1.807, 2.05) is 6.07 Å². The summed E-state index contributed by atoms with van der Waals surface area (Å²) < 4.78 is 0. The molecule has 6 heteroatoms. The highest BCUT2D eigenvalue weighted by atomic mass is 16.3. The zero-order valence-corrected chi connectivity index (χ0v) is 8.16. The highest BCUT2D eigenvalue weighted by Crippen LogP contribution is 2.20. The zero-order chi connectivity index (χ0) is 11.4. The maximum atomic E-state index is 11.3. The van der Waals surface area contributed by atoms with Gasteiger partial charge in [0.1, 0.15) is 0 Å². The quantitative estimate of drug-likeness (QED) is 0.751. The first kappa shape index (κ1) is 10.0. The van der Waals surface area contributed by atoms with Crippen molar-refractivity contribution in [3.8, 4) is 5.88 Å². The van der Waals surface area contributed by atoms with Gasteiger partial charge >= 0.3 is 0 Å². The highest BCUT2D eigenvalue weighted by molar-refractivity contribution is 5.44. The van der Waals surface area contributed by atoms with E-state index in [0.717, 1.165) is 6.33 Å². The molecule has 0 aliphatic heterocycles. The highest BCUT2D eigenvalue weighted by Gasteiger charge is 2.05. The van der Waals surface area contributed by atoms with E-state index in [1.54, 1.807) is 24.3 Å². The second-order valence-corrected chi connectivity index (χ2v) is 2.94. The number of nitrogens with one attached hydrogen (secondary N) is 1. The minimum Gasteiger partial charge on any atom is -0.492 e. The van der Waals surface area contributed by atoms with E-state index >= 15 is 0 Å². The molecular weight excluding hydrogens is 208 g/mol. The fraction of sp³-hybridized carbons (Fsp3) is 0. The van der Waals surface area contributed by atoms with Crippen LogP contribution in [0.3, 0.4) is 0 Å². The number of aromatic nitrogens is 2. The fourth-order valence-corrected chi connectivity index (χ4v) is 1.08. The van der Waals surface area contributed by atoms with Crippen LogP contribution >= 0.6 is 0 Å². The number of aromatic amines is 1. The summed E-state index contributed by atoms with van der Waals surface area (Å²) >= 11 is 0. The van der Waals surface area contributed by atoms with Crippen LogP contribution in [0.25, 0.3) is 0 Å². The van der Waals surface area contributed by atoms with Crippen molar-refractivity contribution in [3.05, 3.63) is 47.0 Å². The Morgan fingerprint density at radius 1 is 1.19 bits per heavy atom. The van der Waals surface area contributed by atoms with Crippen molar-refractivity contribution in [2.45, 2.75) is 0 Å². The third-order valence-corrected chi connectivity index (χ3v) is 1.83. The van der Waals surface area contributed by atoms with Gasteiger partial charge in [-0.05, 0) is 12.1 Å². The molecule has 0 aliphatic carbocycles. The van der Waals surface area contributed by atoms with E-state index in [2.05, 4.69) is 20.2 Å². The molecule has 0 aliphatic rings. The molecule has 1 aromatic carbocycles. The third kappa shape index (κ3) is 2.11. The van der Waals surface area contributed by atoms with Gasteiger partial charge in [-0.2, -0.15) is 5.11 Å². The molecule has 0 saturated heterocycles. The topological polar surface area (TPSA) is 90.7 Å². The van der Waals surface area contributed by atoms with Crippen LogP contribution in [0.5, 0.6) is 5.88 Å². The van der Waals surface area contributed by atoms with Crippen LogP contribution in [-0.4, -0.2) is 15.1 Å². The maximum absolute atomic E-state index is 11.3. The molecule has 0 atom stereocenters. The van der Waals surface area contributed by atoms with Crippen LogP contribution in [-0.2, 0) is 0 Å². The van der Waals surface area contributed by atoms with E-state index in [4.69, 9.17) is 0 Å². The Morgan fingerprint density at radius 3 is 2.62 bits per heavy atom. The molecule has 0 amide bonds. The second-order valence-electron chi connectivity index (χ2n) is 2.94. The van der Waals surface area contributed by atoms with Gasteiger partial charge in [0, 0.05) is 0 Å². The average Bonchev–Trinajstić information content (AvgIpc) is 2.30. The Balaban J connectivity index is 2.35. The summed E-state index contributed by atoms with van der Waals surface area (Å²) in [4.78, 5) is 17.0. The summed E-state index contributed by atoms with van der Waals surface area (Å²) in [5, 5.41) is 16.7. The van der Waals surface area contributed by atoms with Crippen LogP contribution in [0.1, 0.15) is 0 Å². The summed E-state index contributed by atoms with van der Waals surface area (Å²) in [7, 11) is 0. The molecule has 6 nitrogen and oxygen atoms in total. The lowest BCUT2D eigenvalue weighted by Crippen LogP contribution is -2.04. The molecule has 80 valence electrons. The number of H-pyrrole nitrogens is 1. The predicted octanol–water partition coefficient (Wildman–Crippen LogP) is 1.89. The van der Waals surface area contributed by atoms with Gasteiger partial charge in [-0.25, -0.2) is 4.98 Å². The van der Waals surface area contributed by atoms with Gasteiger partial charge in [0.2, 0.25) is 11.6 Å². The first-order valence-corrected chi connectivity index (χ1v) is 4.51. The third-order valence-electron chi connectivity index (χ3n) is 1.83. The number of rotatable bonds is 2. The molecule has 0 unspecified atom stereocenters. The van der Waals surface area contributed by atoms with Crippen LogP contribution in [0.4, 0.5) is 11.4 Å². The van der Waals surface area contributed by atoms with Crippen molar-refractivity contribution in [1.82, 2.24) is 9.97 Å². The minimum atomic E-state index is -0.535. The standard InChI is InChI=1S/C10H8N4O2/c15-9-8(10(16)12-6-11-9)14-13-7-4-2-1-3-5-7/h1-6H,(H2,11,12,15,16). The van der Waals surface area contributed by atoms with Crippen LogP contribution in [0, 0.1) is 0 Å². The van der Waals surface area contributed by atoms with Crippen molar-refractivity contribution >= 4 is 11.4 Å². The number of hydrogen-bond donors (Lipinski definition) is 2. The first-order chi connectivity index (χ1) is 7.77. The molecule has 0 fully saturated rings. The Morgan fingerprint density at radius 2 is 1.94 bits per heavy atom. The van der Waals surface area contributed by atoms with Crippen LogP contribution in [0.2, 0.25) is 0 Å². The Kier molecular flexibility index (Phi) is 2.73. The second kappa shape index (κ2) is 4.35. The van der Waals surface area contributed by atoms with Crippen molar-refractivity contribution in [2.24, 2.45) is 10.2 Å². The van der Waals surface area contributed by atoms with E-state index in [9.17, 15) is 9.90 Å². The molecule has 0 spiro atoms. The number of benzene rings is 1. The van der Waals surface area contributed by atoms with E-state index < -0.39 is 11.4 Å². The molecule has 0 bridgehead atoms. The molecule has 0 saturated carbocycles. The first-order valence-electron chi connectivity index (χ1n) is 4.51. The van der Waals surface area contributed by atoms with Gasteiger partial charge in [-0.3, -0.25) is 4.79 Å². The predicted molar refractivity (Wildman–Crippen MR) is 57.1 cm³/mol. The summed E-state index contributed by atoms with van der Waals surface area (Å²) in [5.74, 6) is -0.441. The lowest BCUT2D eigenvalue weighted by molar-refractivity contribution is 0.452. The number of hydrogen-bond acceptors (Lipinski definition) is 5. The molecule has 2 N–H and O–H groups in total. The Hall–Kier alpha value is -2.50. The van der Waals surface area contributed by atoms with Crippen LogP contribution in [0.15, 0.2) is 51.7 Å². The van der Waals surface area contributed by atoms with Gasteiger partial charge in [0.25, 0.3) is 5.56 Å². The molecule has 1 aromatic heterocycles. The normalized spacial score (nSPS) is 10.8. The fourth-order valence-electron chi connectivity index (χ4n) is 1.08. The molecule has 2 aromatic rings. The number of aromatic hydroxyl groups is 1. The SMILES string of the molecule is O=c1[nH]cnc(O)c1N=Nc1ccccc1. The van der Waals surface area contributed by atoms with Gasteiger partial charge in [-0.1, -0.05) is 18.2 Å². The van der Waals surface area contributed by atoms with Gasteiger partial charge in [0.15, 0.2) is 0 Å². The van der Waals surface area contributed by atoms with Gasteiger partial charge in [0.05, 0.1) is 12.0 Å². The van der Waals surface area contributed by atoms with Crippen molar-refractivity contribution in [3.63, 3.8) is 0 Å². The lowest BCUT2D eigenvalue weighted by Gasteiger charge is -1.94. The van der Waals surface area contributed by atoms with Gasteiger partial charge < -0.3 is 10.1 Å².